The second kappa shape index (κ2) is 5.26. The highest BCUT2D eigenvalue weighted by molar-refractivity contribution is 9.10. The number of amides is 1. The van der Waals surface area contributed by atoms with Gasteiger partial charge in [0.05, 0.1) is 13.2 Å². The number of halogens is 1. The Kier molecular flexibility index (Phi) is 3.46. The fourth-order valence-electron chi connectivity index (χ4n) is 2.12. The van der Waals surface area contributed by atoms with Crippen molar-refractivity contribution < 1.29 is 9.53 Å². The molecule has 0 saturated carbocycles. The maximum Gasteiger partial charge on any atom is 0.255 e. The van der Waals surface area contributed by atoms with Gasteiger partial charge in [0.2, 0.25) is 0 Å². The number of ether oxygens (including phenoxy) is 1. The Morgan fingerprint density at radius 3 is 2.75 bits per heavy atom. The molecule has 0 saturated heterocycles. The third-order valence-electron chi connectivity index (χ3n) is 3.24. The first kappa shape index (κ1) is 13.1. The Morgan fingerprint density at radius 1 is 1.15 bits per heavy atom. The predicted octanol–water partition coefficient (Wildman–Crippen LogP) is 3.31. The lowest BCUT2D eigenvalue weighted by Gasteiger charge is -2.08. The van der Waals surface area contributed by atoms with Crippen molar-refractivity contribution in [1.82, 2.24) is 0 Å². The average molecular weight is 333 g/mol. The Morgan fingerprint density at radius 2 is 1.95 bits per heavy atom. The first-order chi connectivity index (χ1) is 9.63. The number of carbonyl (C=O) groups excluding carboxylic acids is 1. The van der Waals surface area contributed by atoms with Crippen LogP contribution in [0.15, 0.2) is 40.9 Å². The van der Waals surface area contributed by atoms with Gasteiger partial charge in [-0.15, -0.1) is 0 Å². The zero-order chi connectivity index (χ0) is 14.1. The smallest absolute Gasteiger partial charge is 0.255 e. The van der Waals surface area contributed by atoms with Crippen LogP contribution in [-0.4, -0.2) is 5.91 Å². The number of nitrogens with two attached hydrogens (primary N) is 1. The summed E-state index contributed by atoms with van der Waals surface area (Å²) in [4.78, 5) is 12.2. The van der Waals surface area contributed by atoms with E-state index >= 15 is 0 Å². The second-order valence-electron chi connectivity index (χ2n) is 4.67. The van der Waals surface area contributed by atoms with Crippen LogP contribution in [0.4, 0.5) is 11.4 Å². The molecule has 102 valence electrons. The lowest BCUT2D eigenvalue weighted by Crippen LogP contribution is -2.12. The molecular formula is C15H13BrN2O2. The summed E-state index contributed by atoms with van der Waals surface area (Å²) in [5, 5.41) is 2.85. The van der Waals surface area contributed by atoms with E-state index in [1.54, 1.807) is 18.2 Å². The first-order valence-electron chi connectivity index (χ1n) is 6.19. The number of nitrogens with one attached hydrogen (secondary N) is 1. The van der Waals surface area contributed by atoms with Gasteiger partial charge >= 0.3 is 0 Å². The third-order valence-corrected chi connectivity index (χ3v) is 3.93. The van der Waals surface area contributed by atoms with Crippen molar-refractivity contribution in [1.29, 1.82) is 0 Å². The van der Waals surface area contributed by atoms with E-state index in [-0.39, 0.29) is 5.91 Å². The van der Waals surface area contributed by atoms with E-state index in [1.807, 2.05) is 18.2 Å². The highest BCUT2D eigenvalue weighted by Crippen LogP contribution is 2.24. The number of anilines is 2. The van der Waals surface area contributed by atoms with Gasteiger partial charge in [-0.1, -0.05) is 6.07 Å². The predicted molar refractivity (Wildman–Crippen MR) is 81.4 cm³/mol. The van der Waals surface area contributed by atoms with Crippen LogP contribution < -0.4 is 11.1 Å². The monoisotopic (exact) mass is 332 g/mol. The van der Waals surface area contributed by atoms with Gasteiger partial charge in [0.15, 0.2) is 0 Å². The SMILES string of the molecule is Nc1ccc(NC(=O)c2ccc3c(c2)COC3)cc1Br. The molecule has 20 heavy (non-hydrogen) atoms. The number of hydrogen-bond acceptors (Lipinski definition) is 3. The Labute approximate surface area is 125 Å². The Hall–Kier alpha value is -1.85. The molecule has 0 aliphatic carbocycles. The van der Waals surface area contributed by atoms with Crippen molar-refractivity contribution in [3.8, 4) is 0 Å². The van der Waals surface area contributed by atoms with E-state index < -0.39 is 0 Å². The van der Waals surface area contributed by atoms with Gasteiger partial charge in [-0.2, -0.15) is 0 Å². The van der Waals surface area contributed by atoms with Crippen LogP contribution in [0, 0.1) is 0 Å². The van der Waals surface area contributed by atoms with E-state index in [0.717, 1.165) is 15.6 Å². The minimum absolute atomic E-state index is 0.142. The molecular weight excluding hydrogens is 320 g/mol. The van der Waals surface area contributed by atoms with Crippen LogP contribution >= 0.6 is 15.9 Å². The summed E-state index contributed by atoms with van der Waals surface area (Å²) in [5.74, 6) is -0.142. The summed E-state index contributed by atoms with van der Waals surface area (Å²) in [5.41, 5.74) is 9.91. The normalized spacial score (nSPS) is 13.1. The van der Waals surface area contributed by atoms with Gasteiger partial charge in [0.1, 0.15) is 0 Å². The van der Waals surface area contributed by atoms with Crippen molar-refractivity contribution in [3.63, 3.8) is 0 Å². The molecule has 3 N–H and O–H groups in total. The minimum atomic E-state index is -0.142. The number of fused-ring (bicyclic) bond motifs is 1. The van der Waals surface area contributed by atoms with Crippen LogP contribution in [-0.2, 0) is 18.0 Å². The summed E-state index contributed by atoms with van der Waals surface area (Å²) in [6.45, 7) is 1.20. The summed E-state index contributed by atoms with van der Waals surface area (Å²) in [6, 6.07) is 10.9. The summed E-state index contributed by atoms with van der Waals surface area (Å²) < 4.78 is 6.11. The zero-order valence-corrected chi connectivity index (χ0v) is 12.2. The number of benzene rings is 2. The van der Waals surface area contributed by atoms with Gasteiger partial charge in [0, 0.05) is 21.4 Å². The van der Waals surface area contributed by atoms with Crippen molar-refractivity contribution in [3.05, 3.63) is 57.6 Å². The highest BCUT2D eigenvalue weighted by Gasteiger charge is 2.14. The van der Waals surface area contributed by atoms with Gasteiger partial charge in [-0.05, 0) is 57.4 Å². The van der Waals surface area contributed by atoms with Crippen LogP contribution in [0.5, 0.6) is 0 Å². The van der Waals surface area contributed by atoms with Crippen LogP contribution in [0.1, 0.15) is 21.5 Å². The molecule has 1 amide bonds. The molecule has 5 heteroatoms. The van der Waals surface area contributed by atoms with Crippen molar-refractivity contribution >= 4 is 33.2 Å². The standard InChI is InChI=1S/C15H13BrN2O2/c16-13-6-12(3-4-14(13)17)18-15(19)9-1-2-10-7-20-8-11(10)5-9/h1-6H,7-8,17H2,(H,18,19). The quantitative estimate of drug-likeness (QED) is 0.829. The molecule has 0 aromatic heterocycles. The third kappa shape index (κ3) is 2.55. The van der Waals surface area contributed by atoms with Crippen LogP contribution in [0.2, 0.25) is 0 Å². The van der Waals surface area contributed by atoms with Crippen LogP contribution in [0.3, 0.4) is 0 Å². The van der Waals surface area contributed by atoms with Crippen LogP contribution in [0.25, 0.3) is 0 Å². The van der Waals surface area contributed by atoms with E-state index in [4.69, 9.17) is 10.5 Å². The fourth-order valence-corrected chi connectivity index (χ4v) is 2.50. The Bertz CT molecular complexity index is 686. The Balaban J connectivity index is 1.80. The maximum atomic E-state index is 12.2. The maximum absolute atomic E-state index is 12.2. The van der Waals surface area contributed by atoms with E-state index in [9.17, 15) is 4.79 Å². The topological polar surface area (TPSA) is 64.3 Å². The van der Waals surface area contributed by atoms with Gasteiger partial charge in [0.25, 0.3) is 5.91 Å². The van der Waals surface area contributed by atoms with E-state index in [1.165, 1.54) is 0 Å². The molecule has 3 rings (SSSR count). The van der Waals surface area contributed by atoms with Crippen molar-refractivity contribution in [2.24, 2.45) is 0 Å². The molecule has 1 aliphatic rings. The fraction of sp³-hybridized carbons (Fsp3) is 0.133. The molecule has 0 atom stereocenters. The molecule has 0 spiro atoms. The van der Waals surface area contributed by atoms with Gasteiger partial charge in [-0.3, -0.25) is 4.79 Å². The molecule has 0 radical (unpaired) electrons. The second-order valence-corrected chi connectivity index (χ2v) is 5.52. The first-order valence-corrected chi connectivity index (χ1v) is 6.99. The molecule has 4 nitrogen and oxygen atoms in total. The van der Waals surface area contributed by atoms with Gasteiger partial charge in [-0.25, -0.2) is 0 Å². The molecule has 0 fully saturated rings. The summed E-state index contributed by atoms with van der Waals surface area (Å²) >= 11 is 3.34. The summed E-state index contributed by atoms with van der Waals surface area (Å²) in [6.07, 6.45) is 0. The molecule has 0 unspecified atom stereocenters. The lowest BCUT2D eigenvalue weighted by molar-refractivity contribution is 0.102. The van der Waals surface area contributed by atoms with E-state index in [2.05, 4.69) is 21.2 Å². The number of carbonyl (C=O) groups is 1. The van der Waals surface area contributed by atoms with Crippen molar-refractivity contribution in [2.45, 2.75) is 13.2 Å². The minimum Gasteiger partial charge on any atom is -0.398 e. The van der Waals surface area contributed by atoms with Gasteiger partial charge < -0.3 is 15.8 Å². The number of nitrogen functional groups attached to an aromatic ring is 1. The van der Waals surface area contributed by atoms with Crippen molar-refractivity contribution in [2.75, 3.05) is 11.1 Å². The zero-order valence-electron chi connectivity index (χ0n) is 10.7. The molecule has 2 aromatic rings. The molecule has 1 aliphatic heterocycles. The molecule has 2 aromatic carbocycles. The largest absolute Gasteiger partial charge is 0.398 e. The highest BCUT2D eigenvalue weighted by atomic mass is 79.9. The molecule has 0 bridgehead atoms. The van der Waals surface area contributed by atoms with E-state index in [0.29, 0.717) is 30.2 Å². The molecule has 1 heterocycles. The lowest BCUT2D eigenvalue weighted by atomic mass is 10.1. The average Bonchev–Trinajstić information content (AvgIpc) is 2.90. The summed E-state index contributed by atoms with van der Waals surface area (Å²) in [7, 11) is 0. The number of hydrogen-bond donors (Lipinski definition) is 2. The number of rotatable bonds is 2.